The maximum Gasteiger partial charge on any atom is 0.0233 e. The minimum Gasteiger partial charge on any atom is -0.299 e. The molecule has 0 atom stereocenters. The third-order valence-corrected chi connectivity index (χ3v) is 3.53. The van der Waals surface area contributed by atoms with Crippen LogP contribution in [0.3, 0.4) is 0 Å². The molecule has 0 aliphatic carbocycles. The summed E-state index contributed by atoms with van der Waals surface area (Å²) in [6.07, 6.45) is 1.13. The summed E-state index contributed by atoms with van der Waals surface area (Å²) in [5.41, 5.74) is 4.15. The van der Waals surface area contributed by atoms with E-state index in [0.717, 1.165) is 26.1 Å². The van der Waals surface area contributed by atoms with Gasteiger partial charge in [-0.05, 0) is 31.0 Å². The van der Waals surface area contributed by atoms with E-state index in [4.69, 9.17) is 0 Å². The zero-order valence-electron chi connectivity index (χ0n) is 12.0. The number of aryl methyl sites for hydroxylation is 1. The molecule has 19 heavy (non-hydrogen) atoms. The average Bonchev–Trinajstić information content (AvgIpc) is 2.46. The Morgan fingerprint density at radius 3 is 2.16 bits per heavy atom. The van der Waals surface area contributed by atoms with Gasteiger partial charge in [-0.25, -0.2) is 0 Å². The molecule has 2 aromatic carbocycles. The molecule has 0 spiro atoms. The number of rotatable bonds is 6. The number of nitrogens with zero attached hydrogens (tertiary/aromatic N) is 1. The fraction of sp³-hybridized carbons (Fsp3) is 0.333. The van der Waals surface area contributed by atoms with Crippen LogP contribution in [0.25, 0.3) is 0 Å². The largest absolute Gasteiger partial charge is 0.299 e. The second-order valence-corrected chi connectivity index (χ2v) is 5.09. The molecule has 0 aromatic heterocycles. The van der Waals surface area contributed by atoms with Gasteiger partial charge in [0.05, 0.1) is 0 Å². The van der Waals surface area contributed by atoms with Gasteiger partial charge in [0.2, 0.25) is 0 Å². The van der Waals surface area contributed by atoms with Crippen molar-refractivity contribution in [2.45, 2.75) is 26.8 Å². The summed E-state index contributed by atoms with van der Waals surface area (Å²) in [5, 5.41) is 0. The lowest BCUT2D eigenvalue weighted by atomic mass is 10.1. The van der Waals surface area contributed by atoms with E-state index in [1.165, 1.54) is 16.7 Å². The van der Waals surface area contributed by atoms with Crippen LogP contribution in [0, 0.1) is 6.92 Å². The quantitative estimate of drug-likeness (QED) is 0.750. The molecule has 0 unspecified atom stereocenters. The average molecular weight is 253 g/mol. The second kappa shape index (κ2) is 7.10. The first-order chi connectivity index (χ1) is 9.28. The van der Waals surface area contributed by atoms with Crippen LogP contribution in [0.2, 0.25) is 0 Å². The van der Waals surface area contributed by atoms with E-state index >= 15 is 0 Å². The zero-order chi connectivity index (χ0) is 13.5. The van der Waals surface area contributed by atoms with Crippen molar-refractivity contribution in [2.75, 3.05) is 13.1 Å². The molecule has 0 fully saturated rings. The Labute approximate surface area is 116 Å². The van der Waals surface area contributed by atoms with Crippen molar-refractivity contribution in [3.63, 3.8) is 0 Å². The fourth-order valence-electron chi connectivity index (χ4n) is 2.23. The van der Waals surface area contributed by atoms with Crippen LogP contribution in [0.5, 0.6) is 0 Å². The molecule has 1 nitrogen and oxygen atoms in total. The first kappa shape index (κ1) is 13.8. The molecule has 0 amide bonds. The van der Waals surface area contributed by atoms with Gasteiger partial charge in [0.25, 0.3) is 0 Å². The Hall–Kier alpha value is -1.60. The van der Waals surface area contributed by atoms with Crippen molar-refractivity contribution in [1.82, 2.24) is 4.90 Å². The van der Waals surface area contributed by atoms with Gasteiger partial charge in [0.15, 0.2) is 0 Å². The monoisotopic (exact) mass is 253 g/mol. The van der Waals surface area contributed by atoms with Gasteiger partial charge in [-0.3, -0.25) is 4.90 Å². The summed E-state index contributed by atoms with van der Waals surface area (Å²) >= 11 is 0. The molecule has 0 saturated heterocycles. The van der Waals surface area contributed by atoms with Crippen molar-refractivity contribution in [2.24, 2.45) is 0 Å². The molecule has 0 aliphatic rings. The highest BCUT2D eigenvalue weighted by Gasteiger charge is 2.04. The van der Waals surface area contributed by atoms with E-state index in [1.54, 1.807) is 0 Å². The first-order valence-electron chi connectivity index (χ1n) is 7.09. The molecule has 0 heterocycles. The third-order valence-electron chi connectivity index (χ3n) is 3.53. The zero-order valence-corrected chi connectivity index (χ0v) is 12.0. The smallest absolute Gasteiger partial charge is 0.0233 e. The topological polar surface area (TPSA) is 3.24 Å². The van der Waals surface area contributed by atoms with Crippen LogP contribution in [0.15, 0.2) is 54.6 Å². The summed E-state index contributed by atoms with van der Waals surface area (Å²) in [4.78, 5) is 2.50. The molecular formula is C18H23N. The predicted molar refractivity (Wildman–Crippen MR) is 82.3 cm³/mol. The summed E-state index contributed by atoms with van der Waals surface area (Å²) in [7, 11) is 0. The van der Waals surface area contributed by atoms with Gasteiger partial charge < -0.3 is 0 Å². The van der Waals surface area contributed by atoms with Crippen molar-refractivity contribution < 1.29 is 0 Å². The molecule has 2 aromatic rings. The molecule has 1 heteroatoms. The molecule has 0 bridgehead atoms. The summed E-state index contributed by atoms with van der Waals surface area (Å²) < 4.78 is 0. The maximum absolute atomic E-state index is 2.50. The van der Waals surface area contributed by atoms with Gasteiger partial charge >= 0.3 is 0 Å². The Bertz CT molecular complexity index is 473. The fourth-order valence-corrected chi connectivity index (χ4v) is 2.23. The van der Waals surface area contributed by atoms with Gasteiger partial charge in [-0.15, -0.1) is 0 Å². The van der Waals surface area contributed by atoms with E-state index in [0.29, 0.717) is 0 Å². The van der Waals surface area contributed by atoms with Crippen molar-refractivity contribution in [3.8, 4) is 0 Å². The summed E-state index contributed by atoms with van der Waals surface area (Å²) in [5.74, 6) is 0. The maximum atomic E-state index is 2.50. The predicted octanol–water partition coefficient (Wildman–Crippen LogP) is 4.06. The normalized spacial score (nSPS) is 10.9. The van der Waals surface area contributed by atoms with E-state index in [1.807, 2.05) is 0 Å². The number of hydrogen-bond donors (Lipinski definition) is 0. The lowest BCUT2D eigenvalue weighted by Crippen LogP contribution is -2.25. The van der Waals surface area contributed by atoms with Crippen LogP contribution in [0.4, 0.5) is 0 Å². The van der Waals surface area contributed by atoms with E-state index in [-0.39, 0.29) is 0 Å². The van der Waals surface area contributed by atoms with Crippen LogP contribution < -0.4 is 0 Å². The Balaban J connectivity index is 1.88. The minimum atomic E-state index is 1.05. The summed E-state index contributed by atoms with van der Waals surface area (Å²) in [6, 6.07) is 19.6. The second-order valence-electron chi connectivity index (χ2n) is 5.09. The highest BCUT2D eigenvalue weighted by atomic mass is 15.1. The van der Waals surface area contributed by atoms with E-state index in [2.05, 4.69) is 73.3 Å². The number of benzene rings is 2. The van der Waals surface area contributed by atoms with Crippen molar-refractivity contribution >= 4 is 0 Å². The van der Waals surface area contributed by atoms with Gasteiger partial charge in [0, 0.05) is 13.1 Å². The van der Waals surface area contributed by atoms with Gasteiger partial charge in [-0.2, -0.15) is 0 Å². The van der Waals surface area contributed by atoms with Crippen LogP contribution >= 0.6 is 0 Å². The van der Waals surface area contributed by atoms with E-state index < -0.39 is 0 Å². The van der Waals surface area contributed by atoms with Gasteiger partial charge in [-0.1, -0.05) is 67.1 Å². The van der Waals surface area contributed by atoms with Crippen LogP contribution in [-0.4, -0.2) is 18.0 Å². The first-order valence-corrected chi connectivity index (χ1v) is 7.09. The highest BCUT2D eigenvalue weighted by Crippen LogP contribution is 2.08. The Morgan fingerprint density at radius 1 is 0.842 bits per heavy atom. The number of likely N-dealkylation sites (N-methyl/N-ethyl adjacent to an activating group) is 1. The third kappa shape index (κ3) is 4.53. The van der Waals surface area contributed by atoms with Crippen molar-refractivity contribution in [3.05, 3.63) is 71.3 Å². The van der Waals surface area contributed by atoms with Crippen LogP contribution in [0.1, 0.15) is 23.6 Å². The molecule has 0 N–H and O–H groups in total. The Morgan fingerprint density at radius 2 is 1.53 bits per heavy atom. The molecule has 2 rings (SSSR count). The van der Waals surface area contributed by atoms with Crippen LogP contribution in [-0.2, 0) is 13.0 Å². The molecule has 100 valence electrons. The molecule has 0 saturated carbocycles. The number of hydrogen-bond acceptors (Lipinski definition) is 1. The highest BCUT2D eigenvalue weighted by molar-refractivity contribution is 5.21. The summed E-state index contributed by atoms with van der Waals surface area (Å²) in [6.45, 7) is 7.63. The SMILES string of the molecule is CCN(CCc1ccccc1)Cc1ccc(C)cc1. The van der Waals surface area contributed by atoms with Crippen molar-refractivity contribution in [1.29, 1.82) is 0 Å². The van der Waals surface area contributed by atoms with Gasteiger partial charge in [0.1, 0.15) is 0 Å². The molecule has 0 radical (unpaired) electrons. The minimum absolute atomic E-state index is 1.05. The Kier molecular flexibility index (Phi) is 5.17. The standard InChI is InChI=1S/C18H23N/c1-3-19(14-13-17-7-5-4-6-8-17)15-18-11-9-16(2)10-12-18/h4-12H,3,13-15H2,1-2H3. The lowest BCUT2D eigenvalue weighted by Gasteiger charge is -2.20. The molecule has 0 aliphatic heterocycles. The lowest BCUT2D eigenvalue weighted by molar-refractivity contribution is 0.283. The molecular weight excluding hydrogens is 230 g/mol. The van der Waals surface area contributed by atoms with E-state index in [9.17, 15) is 0 Å².